The van der Waals surface area contributed by atoms with Crippen LogP contribution >= 0.6 is 0 Å². The summed E-state index contributed by atoms with van der Waals surface area (Å²) in [7, 11) is 0. The predicted molar refractivity (Wildman–Crippen MR) is 132 cm³/mol. The Labute approximate surface area is 198 Å². The molecule has 2 amide bonds. The molecule has 3 aromatic rings. The van der Waals surface area contributed by atoms with Crippen molar-refractivity contribution in [1.82, 2.24) is 0 Å². The monoisotopic (exact) mass is 447 g/mol. The number of hydrogen-bond donors (Lipinski definition) is 0. The van der Waals surface area contributed by atoms with Crippen molar-refractivity contribution in [2.45, 2.75) is 20.8 Å². The third-order valence-corrected chi connectivity index (χ3v) is 8.26. The minimum absolute atomic E-state index is 0.0289. The van der Waals surface area contributed by atoms with Gasteiger partial charge in [-0.1, -0.05) is 78.9 Å². The maximum atomic E-state index is 14.2. The minimum atomic E-state index is -1.09. The van der Waals surface area contributed by atoms with Crippen LogP contribution in [0.25, 0.3) is 11.1 Å². The van der Waals surface area contributed by atoms with Gasteiger partial charge in [-0.2, -0.15) is 0 Å². The van der Waals surface area contributed by atoms with Gasteiger partial charge in [0.2, 0.25) is 11.8 Å². The molecule has 6 rings (SSSR count). The number of fused-ring (bicyclic) bond motifs is 5. The molecule has 1 saturated heterocycles. The third kappa shape index (κ3) is 2.30. The predicted octanol–water partition coefficient (Wildman–Crippen LogP) is 5.32. The van der Waals surface area contributed by atoms with E-state index in [0.29, 0.717) is 5.69 Å². The lowest BCUT2D eigenvalue weighted by Crippen LogP contribution is -2.40. The molecule has 1 saturated carbocycles. The normalized spacial score (nSPS) is 29.9. The van der Waals surface area contributed by atoms with Crippen molar-refractivity contribution >= 4 is 34.4 Å². The molecule has 0 N–H and O–H groups in total. The number of allylic oxidation sites excluding steroid dienone is 2. The fourth-order valence-corrected chi connectivity index (χ4v) is 6.86. The summed E-state index contributed by atoms with van der Waals surface area (Å²) < 4.78 is 0. The molecule has 4 atom stereocenters. The molecule has 4 nitrogen and oxygen atoms in total. The second kappa shape index (κ2) is 6.86. The molecular formula is C30H25NO3. The number of rotatable bonds is 3. The Morgan fingerprint density at radius 1 is 0.618 bits per heavy atom. The highest BCUT2D eigenvalue weighted by Crippen LogP contribution is 2.73. The van der Waals surface area contributed by atoms with E-state index in [0.717, 1.165) is 27.8 Å². The summed E-state index contributed by atoms with van der Waals surface area (Å²) in [5.74, 6) is -2.02. The lowest BCUT2D eigenvalue weighted by molar-refractivity contribution is -0.133. The Hall–Kier alpha value is -3.79. The van der Waals surface area contributed by atoms with E-state index in [1.165, 1.54) is 4.90 Å². The maximum absolute atomic E-state index is 14.2. The van der Waals surface area contributed by atoms with Gasteiger partial charge in [0, 0.05) is 0 Å². The first-order valence-electron chi connectivity index (χ1n) is 11.7. The minimum Gasteiger partial charge on any atom is -0.298 e. The van der Waals surface area contributed by atoms with Crippen LogP contribution in [0.15, 0.2) is 84.9 Å². The van der Waals surface area contributed by atoms with Crippen molar-refractivity contribution in [3.05, 3.63) is 102 Å². The zero-order valence-electron chi connectivity index (χ0n) is 19.4. The maximum Gasteiger partial charge on any atom is 0.239 e. The van der Waals surface area contributed by atoms with Crippen LogP contribution in [0.4, 0.5) is 5.69 Å². The van der Waals surface area contributed by atoms with E-state index >= 15 is 0 Å². The average Bonchev–Trinajstić information content (AvgIpc) is 3.30. The van der Waals surface area contributed by atoms with Crippen LogP contribution in [-0.4, -0.2) is 17.6 Å². The van der Waals surface area contributed by atoms with Gasteiger partial charge in [0.25, 0.3) is 0 Å². The molecule has 2 fully saturated rings. The number of para-hydroxylation sites is 1. The number of carbonyl (C=O) groups excluding carboxylic acids is 3. The number of hydrogen-bond acceptors (Lipinski definition) is 3. The summed E-state index contributed by atoms with van der Waals surface area (Å²) in [5, 5.41) is 0. The number of benzene rings is 3. The van der Waals surface area contributed by atoms with Crippen LogP contribution in [0.5, 0.6) is 0 Å². The van der Waals surface area contributed by atoms with Crippen molar-refractivity contribution in [3.8, 4) is 0 Å². The summed E-state index contributed by atoms with van der Waals surface area (Å²) in [5.41, 5.74) is 2.89. The first kappa shape index (κ1) is 20.8. The number of anilines is 1. The summed E-state index contributed by atoms with van der Waals surface area (Å²) in [4.78, 5) is 43.5. The molecule has 1 aliphatic heterocycles. The van der Waals surface area contributed by atoms with E-state index in [9.17, 15) is 14.4 Å². The largest absolute Gasteiger partial charge is 0.298 e. The molecular weight excluding hydrogens is 422 g/mol. The van der Waals surface area contributed by atoms with Gasteiger partial charge in [-0.25, -0.2) is 4.90 Å². The molecule has 1 heterocycles. The number of nitrogens with zero attached hydrogens (tertiary/aromatic N) is 1. The highest BCUT2D eigenvalue weighted by molar-refractivity contribution is 6.34. The standard InChI is InChI=1S/C30H25NO3/c1-18-12-10-11-17-21(18)31-26(32)24-25(27(31)33)30(3)23(20-15-8-5-9-16-20)22(29(24,2)28(30)34)19-13-6-4-7-14-19/h4-17,24-25H,1-3H3. The van der Waals surface area contributed by atoms with Crippen LogP contribution in [0, 0.1) is 29.6 Å². The molecule has 168 valence electrons. The fraction of sp³-hybridized carbons (Fsp3) is 0.233. The lowest BCUT2D eigenvalue weighted by Gasteiger charge is -2.35. The van der Waals surface area contributed by atoms with Gasteiger partial charge in [-0.3, -0.25) is 14.4 Å². The highest BCUT2D eigenvalue weighted by Gasteiger charge is 2.78. The molecule has 0 aromatic heterocycles. The van der Waals surface area contributed by atoms with E-state index in [2.05, 4.69) is 0 Å². The topological polar surface area (TPSA) is 54.5 Å². The average molecular weight is 448 g/mol. The smallest absolute Gasteiger partial charge is 0.239 e. The van der Waals surface area contributed by atoms with E-state index in [1.807, 2.05) is 106 Å². The highest BCUT2D eigenvalue weighted by atomic mass is 16.2. The Balaban J connectivity index is 1.64. The van der Waals surface area contributed by atoms with Crippen molar-refractivity contribution in [3.63, 3.8) is 0 Å². The van der Waals surface area contributed by atoms with Crippen LogP contribution < -0.4 is 4.90 Å². The second-order valence-corrected chi connectivity index (χ2v) is 9.97. The first-order valence-corrected chi connectivity index (χ1v) is 11.7. The van der Waals surface area contributed by atoms with E-state index < -0.39 is 22.7 Å². The summed E-state index contributed by atoms with van der Waals surface area (Å²) in [6, 6.07) is 27.1. The Morgan fingerprint density at radius 2 is 1.03 bits per heavy atom. The molecule has 4 heteroatoms. The molecule has 3 aliphatic rings. The molecule has 3 aromatic carbocycles. The van der Waals surface area contributed by atoms with Crippen LogP contribution in [0.3, 0.4) is 0 Å². The Kier molecular flexibility index (Phi) is 4.20. The van der Waals surface area contributed by atoms with Crippen LogP contribution in [0.1, 0.15) is 30.5 Å². The summed E-state index contributed by atoms with van der Waals surface area (Å²) in [6.45, 7) is 5.66. The number of amides is 2. The number of carbonyl (C=O) groups is 3. The molecule has 4 unspecified atom stereocenters. The summed E-state index contributed by atoms with van der Waals surface area (Å²) in [6.07, 6.45) is 0. The summed E-state index contributed by atoms with van der Waals surface area (Å²) >= 11 is 0. The first-order chi connectivity index (χ1) is 16.3. The third-order valence-electron chi connectivity index (χ3n) is 8.26. The lowest BCUT2D eigenvalue weighted by atomic mass is 9.63. The van der Waals surface area contributed by atoms with Gasteiger partial charge in [-0.15, -0.1) is 0 Å². The number of aryl methyl sites for hydroxylation is 1. The Bertz CT molecular complexity index is 1320. The van der Waals surface area contributed by atoms with Crippen molar-refractivity contribution in [2.75, 3.05) is 4.90 Å². The molecule has 0 radical (unpaired) electrons. The van der Waals surface area contributed by atoms with Crippen LogP contribution in [0.2, 0.25) is 0 Å². The van der Waals surface area contributed by atoms with Gasteiger partial charge < -0.3 is 0 Å². The van der Waals surface area contributed by atoms with E-state index in [1.54, 1.807) is 0 Å². The van der Waals surface area contributed by atoms with Gasteiger partial charge in [-0.05, 0) is 54.7 Å². The van der Waals surface area contributed by atoms with Gasteiger partial charge in [0.05, 0.1) is 28.4 Å². The van der Waals surface area contributed by atoms with Gasteiger partial charge in [0.15, 0.2) is 5.78 Å². The van der Waals surface area contributed by atoms with Crippen LogP contribution in [-0.2, 0) is 14.4 Å². The van der Waals surface area contributed by atoms with E-state index in [-0.39, 0.29) is 17.6 Å². The van der Waals surface area contributed by atoms with Crippen molar-refractivity contribution in [1.29, 1.82) is 0 Å². The van der Waals surface area contributed by atoms with Gasteiger partial charge in [0.1, 0.15) is 0 Å². The Morgan fingerprint density at radius 3 is 1.47 bits per heavy atom. The second-order valence-electron chi connectivity index (χ2n) is 9.97. The molecule has 34 heavy (non-hydrogen) atoms. The molecule has 2 aliphatic carbocycles. The molecule has 2 bridgehead atoms. The van der Waals surface area contributed by atoms with Gasteiger partial charge >= 0.3 is 0 Å². The number of imide groups is 1. The van der Waals surface area contributed by atoms with Crippen molar-refractivity contribution in [2.24, 2.45) is 22.7 Å². The zero-order chi connectivity index (χ0) is 23.8. The number of ketones is 1. The zero-order valence-corrected chi connectivity index (χ0v) is 19.4. The SMILES string of the molecule is Cc1ccccc1N1C(=O)C2C(C1=O)C1(C)C(=O)C2(C)C(c2ccccc2)=C1c1ccccc1. The quantitative estimate of drug-likeness (QED) is 0.511. The van der Waals surface area contributed by atoms with Crippen molar-refractivity contribution < 1.29 is 14.4 Å². The fourth-order valence-electron chi connectivity index (χ4n) is 6.86. The molecule has 0 spiro atoms. The van der Waals surface area contributed by atoms with E-state index in [4.69, 9.17) is 0 Å². The number of Topliss-reactive ketones (excluding diaryl/α,β-unsaturated/α-hetero) is 1.